The number of nitrogens with zero attached hydrogens (tertiary/aromatic N) is 1. The molecule has 0 amide bonds. The molecule has 0 saturated heterocycles. The second-order valence-electron chi connectivity index (χ2n) is 7.80. The molecule has 2 heterocycles. The second kappa shape index (κ2) is 7.32. The summed E-state index contributed by atoms with van der Waals surface area (Å²) in [6, 6.07) is 9.21. The molecule has 1 aromatic heterocycles. The molecular weight excluding hydrogens is 390 g/mol. The Morgan fingerprint density at radius 2 is 2.00 bits per heavy atom. The van der Waals surface area contributed by atoms with Crippen molar-refractivity contribution < 1.29 is 18.3 Å². The molecule has 30 heavy (non-hydrogen) atoms. The summed E-state index contributed by atoms with van der Waals surface area (Å²) in [5.41, 5.74) is 3.48. The number of hydrogen-bond donors (Lipinski definition) is 1. The van der Waals surface area contributed by atoms with E-state index in [1.54, 1.807) is 16.7 Å². The maximum Gasteiger partial charge on any atom is 0.387 e. The maximum absolute atomic E-state index is 13.4. The average Bonchev–Trinajstić information content (AvgIpc) is 3.59. The van der Waals surface area contributed by atoms with Gasteiger partial charge >= 0.3 is 6.61 Å². The smallest absolute Gasteiger partial charge is 0.387 e. The minimum atomic E-state index is -3.04. The maximum atomic E-state index is 13.4. The summed E-state index contributed by atoms with van der Waals surface area (Å²) in [6.07, 6.45) is 4.62. The Balaban J connectivity index is 1.80. The van der Waals surface area contributed by atoms with Gasteiger partial charge in [0.05, 0.1) is 16.5 Å². The summed E-state index contributed by atoms with van der Waals surface area (Å²) in [5.74, 6) is -0.0207. The third-order valence-corrected chi connectivity index (χ3v) is 5.85. The summed E-state index contributed by atoms with van der Waals surface area (Å²) < 4.78 is 33.6. The van der Waals surface area contributed by atoms with E-state index in [-0.39, 0.29) is 22.7 Å². The lowest BCUT2D eigenvalue weighted by atomic mass is 9.94. The largest absolute Gasteiger partial charge is 0.432 e. The van der Waals surface area contributed by atoms with E-state index in [4.69, 9.17) is 4.74 Å². The number of hydrogen-bond acceptors (Lipinski definition) is 4. The first-order valence-electron chi connectivity index (χ1n) is 10.0. The van der Waals surface area contributed by atoms with Gasteiger partial charge in [-0.1, -0.05) is 12.1 Å². The molecule has 2 aliphatic rings. The van der Waals surface area contributed by atoms with Crippen LogP contribution in [0.15, 0.2) is 41.3 Å². The van der Waals surface area contributed by atoms with E-state index in [0.29, 0.717) is 17.4 Å². The van der Waals surface area contributed by atoms with Gasteiger partial charge in [-0.05, 0) is 60.7 Å². The van der Waals surface area contributed by atoms with E-state index in [1.165, 1.54) is 11.8 Å². The van der Waals surface area contributed by atoms with Crippen molar-refractivity contribution in [3.05, 3.63) is 63.4 Å². The quantitative estimate of drug-likeness (QED) is 0.645. The molecule has 0 radical (unpaired) electrons. The predicted molar refractivity (Wildman–Crippen MR) is 109 cm³/mol. The number of pyridine rings is 1. The van der Waals surface area contributed by atoms with Gasteiger partial charge in [0.15, 0.2) is 17.5 Å². The number of ether oxygens (including phenoxy) is 1. The summed E-state index contributed by atoms with van der Waals surface area (Å²) in [6.45, 7) is -1.41. The van der Waals surface area contributed by atoms with Gasteiger partial charge in [0.25, 0.3) is 0 Å². The summed E-state index contributed by atoms with van der Waals surface area (Å²) in [7, 11) is 0. The van der Waals surface area contributed by atoms with Crippen LogP contribution in [0.25, 0.3) is 22.0 Å². The summed E-state index contributed by atoms with van der Waals surface area (Å²) in [4.78, 5) is 24.1. The van der Waals surface area contributed by atoms with Gasteiger partial charge in [-0.3, -0.25) is 9.59 Å². The fourth-order valence-electron chi connectivity index (χ4n) is 4.25. The van der Waals surface area contributed by atoms with Crippen LogP contribution in [0.1, 0.15) is 40.4 Å². The molecule has 7 heteroatoms. The number of benzene rings is 2. The van der Waals surface area contributed by atoms with E-state index < -0.39 is 12.0 Å². The van der Waals surface area contributed by atoms with Crippen molar-refractivity contribution >= 4 is 17.2 Å². The number of carbonyl (C=O) groups is 1. The number of fused-ring (bicyclic) bond motifs is 2. The van der Waals surface area contributed by atoms with Crippen LogP contribution in [0.2, 0.25) is 0 Å². The van der Waals surface area contributed by atoms with Crippen LogP contribution < -0.4 is 15.5 Å². The van der Waals surface area contributed by atoms with Crippen LogP contribution in [-0.4, -0.2) is 24.0 Å². The summed E-state index contributed by atoms with van der Waals surface area (Å²) >= 11 is 0. The summed E-state index contributed by atoms with van der Waals surface area (Å²) in [5, 5.41) is 3.53. The van der Waals surface area contributed by atoms with E-state index in [9.17, 15) is 18.4 Å². The Hall–Kier alpha value is -3.06. The SMILES string of the molecule is O=Cc1cn(C2CC2)c2c(OC(F)F)c(-c3ccc4c(c3)CNCC4)ccc2c1=O. The standard InChI is InChI=1S/C23H20F2N2O3/c24-23(25)30-22-18(14-2-1-13-7-8-26-10-15(13)9-14)5-6-19-20(22)27(17-3-4-17)11-16(12-28)21(19)29/h1-2,5-6,9,11-12,17,23,26H,3-4,7-8,10H2. The van der Waals surface area contributed by atoms with Crippen molar-refractivity contribution in [2.45, 2.75) is 38.5 Å². The van der Waals surface area contributed by atoms with Crippen molar-refractivity contribution in [3.8, 4) is 16.9 Å². The average molecular weight is 410 g/mol. The highest BCUT2D eigenvalue weighted by Crippen LogP contribution is 2.43. The fraction of sp³-hybridized carbons (Fsp3) is 0.304. The van der Waals surface area contributed by atoms with Gasteiger partial charge in [0.1, 0.15) is 0 Å². The predicted octanol–water partition coefficient (Wildman–Crippen LogP) is 4.06. The van der Waals surface area contributed by atoms with Gasteiger partial charge in [-0.25, -0.2) is 0 Å². The number of nitrogens with one attached hydrogen (secondary N) is 1. The lowest BCUT2D eigenvalue weighted by molar-refractivity contribution is -0.0486. The molecular formula is C23H20F2N2O3. The lowest BCUT2D eigenvalue weighted by Gasteiger charge is -2.21. The Morgan fingerprint density at radius 1 is 1.17 bits per heavy atom. The molecule has 1 N–H and O–H groups in total. The number of aromatic nitrogens is 1. The van der Waals surface area contributed by atoms with E-state index in [0.717, 1.165) is 43.5 Å². The van der Waals surface area contributed by atoms with Crippen LogP contribution >= 0.6 is 0 Å². The number of rotatable bonds is 5. The zero-order chi connectivity index (χ0) is 20.8. The topological polar surface area (TPSA) is 60.3 Å². The Labute approximate surface area is 171 Å². The third-order valence-electron chi connectivity index (χ3n) is 5.85. The van der Waals surface area contributed by atoms with Crippen LogP contribution in [0, 0.1) is 0 Å². The van der Waals surface area contributed by atoms with Gasteiger partial charge in [0.2, 0.25) is 0 Å². The molecule has 5 rings (SSSR count). The third kappa shape index (κ3) is 3.19. The van der Waals surface area contributed by atoms with Crippen molar-refractivity contribution in [1.82, 2.24) is 9.88 Å². The first kappa shape index (κ1) is 18.9. The molecule has 1 aliphatic heterocycles. The van der Waals surface area contributed by atoms with Gasteiger partial charge in [-0.15, -0.1) is 0 Å². The van der Waals surface area contributed by atoms with Crippen molar-refractivity contribution in [2.24, 2.45) is 0 Å². The van der Waals surface area contributed by atoms with Crippen molar-refractivity contribution in [3.63, 3.8) is 0 Å². The molecule has 154 valence electrons. The Morgan fingerprint density at radius 3 is 2.73 bits per heavy atom. The molecule has 0 atom stereocenters. The number of halogens is 2. The normalized spacial score (nSPS) is 16.0. The van der Waals surface area contributed by atoms with E-state index in [2.05, 4.69) is 5.32 Å². The Bertz CT molecular complexity index is 1220. The molecule has 0 bridgehead atoms. The molecule has 1 fully saturated rings. The van der Waals surface area contributed by atoms with Crippen molar-refractivity contribution in [2.75, 3.05) is 6.54 Å². The van der Waals surface area contributed by atoms with Crippen LogP contribution in [0.5, 0.6) is 5.75 Å². The van der Waals surface area contributed by atoms with E-state index in [1.807, 2.05) is 18.2 Å². The van der Waals surface area contributed by atoms with Gasteiger partial charge in [-0.2, -0.15) is 8.78 Å². The van der Waals surface area contributed by atoms with E-state index >= 15 is 0 Å². The van der Waals surface area contributed by atoms with Crippen LogP contribution in [-0.2, 0) is 13.0 Å². The molecule has 1 saturated carbocycles. The highest BCUT2D eigenvalue weighted by atomic mass is 19.3. The minimum absolute atomic E-state index is 0.0185. The first-order chi connectivity index (χ1) is 14.6. The van der Waals surface area contributed by atoms with Gasteiger partial charge in [0, 0.05) is 24.3 Å². The molecule has 0 unspecified atom stereocenters. The zero-order valence-electron chi connectivity index (χ0n) is 16.2. The highest BCUT2D eigenvalue weighted by Gasteiger charge is 2.29. The molecule has 0 spiro atoms. The Kier molecular flexibility index (Phi) is 4.62. The molecule has 5 nitrogen and oxygen atoms in total. The zero-order valence-corrected chi connectivity index (χ0v) is 16.2. The number of carbonyl (C=O) groups excluding carboxylic acids is 1. The highest BCUT2D eigenvalue weighted by molar-refractivity contribution is 5.95. The number of alkyl halides is 2. The fourth-order valence-corrected chi connectivity index (χ4v) is 4.25. The molecule has 3 aromatic rings. The molecule has 1 aliphatic carbocycles. The monoisotopic (exact) mass is 410 g/mol. The van der Waals surface area contributed by atoms with Gasteiger partial charge < -0.3 is 14.6 Å². The minimum Gasteiger partial charge on any atom is -0.432 e. The van der Waals surface area contributed by atoms with Crippen molar-refractivity contribution in [1.29, 1.82) is 0 Å². The lowest BCUT2D eigenvalue weighted by Crippen LogP contribution is -2.23. The molecule has 2 aromatic carbocycles. The second-order valence-corrected chi connectivity index (χ2v) is 7.80. The first-order valence-corrected chi connectivity index (χ1v) is 10.0. The van der Waals surface area contributed by atoms with Crippen LogP contribution in [0.4, 0.5) is 8.78 Å². The van der Waals surface area contributed by atoms with Crippen LogP contribution in [0.3, 0.4) is 0 Å². The number of aldehydes is 1.